The molecule has 3 rings (SSSR count). The monoisotopic (exact) mass is 473 g/mol. The van der Waals surface area contributed by atoms with Gasteiger partial charge in [-0.3, -0.25) is 14.3 Å². The van der Waals surface area contributed by atoms with Crippen molar-refractivity contribution < 1.29 is 23.1 Å². The van der Waals surface area contributed by atoms with Crippen LogP contribution in [0, 0.1) is 17.6 Å². The summed E-state index contributed by atoms with van der Waals surface area (Å²) >= 11 is 0. The Balaban J connectivity index is 2.03. The van der Waals surface area contributed by atoms with Gasteiger partial charge in [0.15, 0.2) is 11.6 Å². The molecule has 2 amide bonds. The molecule has 3 aromatic rings. The van der Waals surface area contributed by atoms with Gasteiger partial charge in [0.2, 0.25) is 5.91 Å². The molecule has 1 heterocycles. The molecule has 1 aromatic heterocycles. The summed E-state index contributed by atoms with van der Waals surface area (Å²) in [5, 5.41) is 7.70. The first-order valence-electron chi connectivity index (χ1n) is 10.9. The smallest absolute Gasteiger partial charge is 0.255 e. The minimum absolute atomic E-state index is 0.0374. The second kappa shape index (κ2) is 10.6. The van der Waals surface area contributed by atoms with Gasteiger partial charge in [0.1, 0.15) is 17.6 Å². The van der Waals surface area contributed by atoms with E-state index in [0.717, 1.165) is 12.1 Å². The second-order valence-electron chi connectivity index (χ2n) is 8.82. The molecular formula is C24H29F2N5O3. The third-order valence-electron chi connectivity index (χ3n) is 5.15. The lowest BCUT2D eigenvalue weighted by atomic mass is 10.1. The maximum atomic E-state index is 14.3. The van der Waals surface area contributed by atoms with Crippen LogP contribution in [0.15, 0.2) is 36.5 Å². The number of hydrogen-bond acceptors (Lipinski definition) is 5. The van der Waals surface area contributed by atoms with Crippen LogP contribution in [0.25, 0.3) is 10.9 Å². The summed E-state index contributed by atoms with van der Waals surface area (Å²) in [6, 6.07) is 5.13. The van der Waals surface area contributed by atoms with E-state index in [9.17, 15) is 18.4 Å². The van der Waals surface area contributed by atoms with Crippen molar-refractivity contribution >= 4 is 22.7 Å². The normalized spacial score (nSPS) is 12.4. The van der Waals surface area contributed by atoms with Crippen molar-refractivity contribution in [3.63, 3.8) is 0 Å². The number of carbonyl (C=O) groups is 2. The molecule has 3 N–H and O–H groups in total. The number of nitrogens with two attached hydrogens (primary N) is 1. The van der Waals surface area contributed by atoms with Crippen LogP contribution in [0.2, 0.25) is 0 Å². The molecule has 0 aliphatic carbocycles. The summed E-state index contributed by atoms with van der Waals surface area (Å²) in [5.74, 6) is -2.86. The average molecular weight is 474 g/mol. The minimum atomic E-state index is -0.915. The van der Waals surface area contributed by atoms with Gasteiger partial charge in [-0.2, -0.15) is 5.10 Å². The fourth-order valence-electron chi connectivity index (χ4n) is 3.44. The predicted octanol–water partition coefficient (Wildman–Crippen LogP) is 3.30. The molecule has 10 heteroatoms. The number of fused-ring (bicyclic) bond motifs is 1. The maximum absolute atomic E-state index is 14.3. The molecule has 182 valence electrons. The molecule has 0 aliphatic rings. The Morgan fingerprint density at radius 3 is 2.53 bits per heavy atom. The van der Waals surface area contributed by atoms with Crippen LogP contribution in [-0.4, -0.2) is 53.2 Å². The molecule has 0 saturated heterocycles. The number of carbonyl (C=O) groups excluding carboxylic acids is 2. The minimum Gasteiger partial charge on any atom is -0.453 e. The van der Waals surface area contributed by atoms with E-state index in [0.29, 0.717) is 42.4 Å². The Bertz CT molecular complexity index is 1190. The number of ether oxygens (including phenoxy) is 1. The first kappa shape index (κ1) is 25.1. The number of primary amides is 1. The highest BCUT2D eigenvalue weighted by Gasteiger charge is 2.23. The number of nitrogens with one attached hydrogen (secondary N) is 1. The molecule has 0 bridgehead atoms. The Morgan fingerprint density at radius 1 is 1.18 bits per heavy atom. The summed E-state index contributed by atoms with van der Waals surface area (Å²) in [4.78, 5) is 27.1. The molecule has 8 nitrogen and oxygen atoms in total. The van der Waals surface area contributed by atoms with E-state index in [2.05, 4.69) is 10.4 Å². The number of aromatic nitrogens is 2. The van der Waals surface area contributed by atoms with Crippen molar-refractivity contribution in [1.82, 2.24) is 20.0 Å². The van der Waals surface area contributed by atoms with E-state index in [1.807, 2.05) is 32.8 Å². The highest BCUT2D eigenvalue weighted by Crippen LogP contribution is 2.32. The largest absolute Gasteiger partial charge is 0.453 e. The van der Waals surface area contributed by atoms with Gasteiger partial charge in [0.05, 0.1) is 17.3 Å². The fraction of sp³-hybridized carbons (Fsp3) is 0.375. The third-order valence-corrected chi connectivity index (χ3v) is 5.15. The Labute approximate surface area is 196 Å². The number of rotatable bonds is 10. The van der Waals surface area contributed by atoms with Crippen LogP contribution in [0.3, 0.4) is 0 Å². The van der Waals surface area contributed by atoms with Crippen LogP contribution < -0.4 is 15.8 Å². The van der Waals surface area contributed by atoms with Gasteiger partial charge < -0.3 is 20.7 Å². The first-order valence-corrected chi connectivity index (χ1v) is 10.9. The van der Waals surface area contributed by atoms with Gasteiger partial charge in [-0.1, -0.05) is 13.8 Å². The third kappa shape index (κ3) is 6.07. The van der Waals surface area contributed by atoms with Crippen molar-refractivity contribution in [3.8, 4) is 11.5 Å². The van der Waals surface area contributed by atoms with E-state index in [4.69, 9.17) is 10.5 Å². The molecule has 0 fully saturated rings. The van der Waals surface area contributed by atoms with Crippen LogP contribution in [0.4, 0.5) is 8.78 Å². The number of amides is 2. The van der Waals surface area contributed by atoms with E-state index >= 15 is 0 Å². The molecule has 0 spiro atoms. The zero-order valence-corrected chi connectivity index (χ0v) is 19.6. The van der Waals surface area contributed by atoms with Gasteiger partial charge in [0, 0.05) is 18.0 Å². The summed E-state index contributed by atoms with van der Waals surface area (Å²) < 4.78 is 35.1. The lowest BCUT2D eigenvalue weighted by Crippen LogP contribution is -2.45. The number of nitrogens with zero attached hydrogens (tertiary/aromatic N) is 3. The number of halogens is 2. The first-order chi connectivity index (χ1) is 16.0. The van der Waals surface area contributed by atoms with E-state index in [1.165, 1.54) is 0 Å². The molecule has 0 saturated carbocycles. The quantitative estimate of drug-likeness (QED) is 0.470. The molecule has 1 atom stereocenters. The van der Waals surface area contributed by atoms with Gasteiger partial charge in [-0.15, -0.1) is 0 Å². The Kier molecular flexibility index (Phi) is 7.83. The summed E-state index contributed by atoms with van der Waals surface area (Å²) in [5.41, 5.74) is 6.24. The van der Waals surface area contributed by atoms with Crippen molar-refractivity contribution in [1.29, 1.82) is 0 Å². The lowest BCUT2D eigenvalue weighted by molar-refractivity contribution is -0.120. The molecular weight excluding hydrogens is 444 g/mol. The fourth-order valence-corrected chi connectivity index (χ4v) is 3.44. The van der Waals surface area contributed by atoms with E-state index < -0.39 is 29.5 Å². The maximum Gasteiger partial charge on any atom is 0.255 e. The molecule has 34 heavy (non-hydrogen) atoms. The molecule has 0 aliphatic heterocycles. The second-order valence-corrected chi connectivity index (χ2v) is 8.82. The number of hydrogen-bond donors (Lipinski definition) is 2. The van der Waals surface area contributed by atoms with Crippen molar-refractivity contribution in [3.05, 3.63) is 53.7 Å². The predicted molar refractivity (Wildman–Crippen MR) is 125 cm³/mol. The number of benzene rings is 2. The van der Waals surface area contributed by atoms with Gasteiger partial charge in [-0.25, -0.2) is 8.78 Å². The van der Waals surface area contributed by atoms with E-state index in [-0.39, 0.29) is 17.1 Å². The van der Waals surface area contributed by atoms with Gasteiger partial charge in [-0.05, 0) is 57.2 Å². The van der Waals surface area contributed by atoms with Crippen LogP contribution >= 0.6 is 0 Å². The van der Waals surface area contributed by atoms with Gasteiger partial charge >= 0.3 is 0 Å². The summed E-state index contributed by atoms with van der Waals surface area (Å²) in [6.45, 7) is 5.22. The van der Waals surface area contributed by atoms with Crippen molar-refractivity contribution in [2.24, 2.45) is 11.7 Å². The van der Waals surface area contributed by atoms with Crippen LogP contribution in [0.1, 0.15) is 30.6 Å². The van der Waals surface area contributed by atoms with Crippen LogP contribution in [0.5, 0.6) is 11.5 Å². The van der Waals surface area contributed by atoms with Crippen molar-refractivity contribution in [2.75, 3.05) is 20.6 Å². The van der Waals surface area contributed by atoms with Crippen LogP contribution in [-0.2, 0) is 11.3 Å². The zero-order valence-electron chi connectivity index (χ0n) is 19.6. The molecule has 2 aromatic carbocycles. The molecule has 0 unspecified atom stereocenters. The summed E-state index contributed by atoms with van der Waals surface area (Å²) in [6.07, 6.45) is 1.93. The summed E-state index contributed by atoms with van der Waals surface area (Å²) in [7, 11) is 3.68. The van der Waals surface area contributed by atoms with E-state index in [1.54, 1.807) is 23.0 Å². The molecule has 0 radical (unpaired) electrons. The highest BCUT2D eigenvalue weighted by atomic mass is 19.1. The average Bonchev–Trinajstić information content (AvgIpc) is 3.12. The topological polar surface area (TPSA) is 102 Å². The lowest BCUT2D eigenvalue weighted by Gasteiger charge is -2.19. The Hall–Kier alpha value is -3.53. The van der Waals surface area contributed by atoms with Gasteiger partial charge in [0.25, 0.3) is 5.91 Å². The highest BCUT2D eigenvalue weighted by molar-refractivity contribution is 6.02. The zero-order chi connectivity index (χ0) is 25.0. The van der Waals surface area contributed by atoms with Crippen molar-refractivity contribution in [2.45, 2.75) is 32.9 Å². The SMILES string of the molecule is CC(C)Cn1ncc2cc(Oc3ccc(F)cc3F)c(C(=O)N[C@@H](CCN(C)C)C(N)=O)cc21. The standard InChI is InChI=1S/C24H29F2N5O3/c1-14(2)13-31-20-11-17(24(33)29-19(23(27)32)7-8-30(3)4)22(9-15(20)12-28-31)34-21-6-5-16(25)10-18(21)26/h5-6,9-12,14,19H,7-8,13H2,1-4H3,(H2,27,32)(H,29,33)/t19-/m0/s1. The Morgan fingerprint density at radius 2 is 1.91 bits per heavy atom.